The first kappa shape index (κ1) is 13.5. The van der Waals surface area contributed by atoms with E-state index >= 15 is 0 Å². The van der Waals surface area contributed by atoms with Crippen LogP contribution in [0.15, 0.2) is 24.3 Å². The molecule has 0 aliphatic carbocycles. The van der Waals surface area contributed by atoms with E-state index in [9.17, 15) is 4.39 Å². The molecule has 2 atom stereocenters. The second-order valence-corrected chi connectivity index (χ2v) is 5.33. The van der Waals surface area contributed by atoms with Crippen molar-refractivity contribution < 1.29 is 4.39 Å². The van der Waals surface area contributed by atoms with Crippen LogP contribution in [0.25, 0.3) is 0 Å². The second kappa shape index (κ2) is 6.30. The molecule has 1 aliphatic rings. The summed E-state index contributed by atoms with van der Waals surface area (Å²) in [6.07, 6.45) is 3.86. The van der Waals surface area contributed by atoms with E-state index < -0.39 is 0 Å². The summed E-state index contributed by atoms with van der Waals surface area (Å²) in [5.41, 5.74) is 6.89. The van der Waals surface area contributed by atoms with Crippen LogP contribution < -0.4 is 5.73 Å². The molecule has 0 bridgehead atoms. The van der Waals surface area contributed by atoms with Gasteiger partial charge in [0.2, 0.25) is 0 Å². The van der Waals surface area contributed by atoms with Crippen molar-refractivity contribution in [2.24, 2.45) is 5.73 Å². The highest BCUT2D eigenvalue weighted by Gasteiger charge is 2.22. The van der Waals surface area contributed by atoms with Gasteiger partial charge in [0.25, 0.3) is 0 Å². The molecule has 0 amide bonds. The van der Waals surface area contributed by atoms with Crippen molar-refractivity contribution in [2.75, 3.05) is 19.6 Å². The Hall–Kier alpha value is -0.930. The van der Waals surface area contributed by atoms with Gasteiger partial charge in [-0.3, -0.25) is 0 Å². The number of piperidine rings is 1. The monoisotopic (exact) mass is 250 g/mol. The highest BCUT2D eigenvalue weighted by molar-refractivity contribution is 5.21. The Kier molecular flexibility index (Phi) is 4.72. The Morgan fingerprint density at radius 1 is 1.44 bits per heavy atom. The molecule has 3 heteroatoms. The molecule has 0 radical (unpaired) electrons. The van der Waals surface area contributed by atoms with E-state index in [4.69, 9.17) is 5.73 Å². The van der Waals surface area contributed by atoms with Crippen LogP contribution >= 0.6 is 0 Å². The van der Waals surface area contributed by atoms with Crippen LogP contribution in [0.3, 0.4) is 0 Å². The molecule has 1 heterocycles. The van der Waals surface area contributed by atoms with Crippen molar-refractivity contribution in [1.82, 2.24) is 4.90 Å². The number of halogens is 1. The lowest BCUT2D eigenvalue weighted by atomic mass is 9.95. The summed E-state index contributed by atoms with van der Waals surface area (Å²) in [5, 5.41) is 0. The predicted molar refractivity (Wildman–Crippen MR) is 73.1 cm³/mol. The van der Waals surface area contributed by atoms with Crippen LogP contribution in [-0.2, 0) is 0 Å². The van der Waals surface area contributed by atoms with Crippen molar-refractivity contribution in [2.45, 2.75) is 38.1 Å². The van der Waals surface area contributed by atoms with Crippen LogP contribution in [0.4, 0.5) is 4.39 Å². The molecule has 1 fully saturated rings. The fourth-order valence-corrected chi connectivity index (χ4v) is 2.79. The Balaban J connectivity index is 2.04. The van der Waals surface area contributed by atoms with Crippen LogP contribution in [0, 0.1) is 5.82 Å². The average Bonchev–Trinajstić information content (AvgIpc) is 2.38. The van der Waals surface area contributed by atoms with Crippen molar-refractivity contribution in [3.05, 3.63) is 35.6 Å². The van der Waals surface area contributed by atoms with Gasteiger partial charge in [-0.1, -0.05) is 18.6 Å². The molecule has 0 aromatic heterocycles. The quantitative estimate of drug-likeness (QED) is 0.890. The van der Waals surface area contributed by atoms with Crippen LogP contribution in [0.1, 0.15) is 37.7 Å². The van der Waals surface area contributed by atoms with Crippen molar-refractivity contribution in [3.63, 3.8) is 0 Å². The highest BCUT2D eigenvalue weighted by atomic mass is 19.1. The van der Waals surface area contributed by atoms with Crippen LogP contribution in [0.2, 0.25) is 0 Å². The molecule has 0 saturated carbocycles. The third-order valence-corrected chi connectivity index (χ3v) is 4.00. The third kappa shape index (κ3) is 3.30. The minimum absolute atomic E-state index is 0.169. The zero-order valence-electron chi connectivity index (χ0n) is 11.1. The molecule has 2 N–H and O–H groups in total. The summed E-state index contributed by atoms with van der Waals surface area (Å²) < 4.78 is 13.3. The zero-order valence-corrected chi connectivity index (χ0v) is 11.1. The molecule has 100 valence electrons. The van der Waals surface area contributed by atoms with E-state index in [-0.39, 0.29) is 11.7 Å². The minimum Gasteiger partial charge on any atom is -0.330 e. The first-order valence-corrected chi connectivity index (χ1v) is 6.90. The summed E-state index contributed by atoms with van der Waals surface area (Å²) in [5.74, 6) is 0.0684. The Bertz CT molecular complexity index is 381. The predicted octanol–water partition coefficient (Wildman–Crippen LogP) is 2.74. The molecular weight excluding hydrogens is 227 g/mol. The number of nitrogens with zero attached hydrogens (tertiary/aromatic N) is 1. The number of hydrogen-bond acceptors (Lipinski definition) is 2. The number of likely N-dealkylation sites (tertiary alicyclic amines) is 1. The lowest BCUT2D eigenvalue weighted by Crippen LogP contribution is -2.41. The van der Waals surface area contributed by atoms with E-state index in [0.29, 0.717) is 12.6 Å². The number of rotatable bonds is 4. The summed E-state index contributed by atoms with van der Waals surface area (Å²) in [6.45, 7) is 4.94. The molecule has 1 aromatic rings. The van der Waals surface area contributed by atoms with E-state index in [1.54, 1.807) is 12.1 Å². The first-order valence-electron chi connectivity index (χ1n) is 6.90. The van der Waals surface area contributed by atoms with Crippen LogP contribution in [0.5, 0.6) is 0 Å². The van der Waals surface area contributed by atoms with Crippen molar-refractivity contribution >= 4 is 0 Å². The summed E-state index contributed by atoms with van der Waals surface area (Å²) in [4.78, 5) is 2.49. The van der Waals surface area contributed by atoms with Gasteiger partial charge in [0.05, 0.1) is 0 Å². The highest BCUT2D eigenvalue weighted by Crippen LogP contribution is 2.22. The van der Waals surface area contributed by atoms with E-state index in [0.717, 1.165) is 18.7 Å². The third-order valence-electron chi connectivity index (χ3n) is 4.00. The second-order valence-electron chi connectivity index (χ2n) is 5.33. The van der Waals surface area contributed by atoms with Gasteiger partial charge in [-0.15, -0.1) is 0 Å². The average molecular weight is 250 g/mol. The standard InChI is InChI=1S/C15H23FN2/c1-12-5-2-3-8-18(12)11-14(10-17)13-6-4-7-15(16)9-13/h4,6-7,9,12,14H,2-3,5,8,10-11,17H2,1H3. The smallest absolute Gasteiger partial charge is 0.123 e. The Labute approximate surface area is 109 Å². The van der Waals surface area contributed by atoms with Crippen molar-refractivity contribution in [1.29, 1.82) is 0 Å². The molecule has 2 rings (SSSR count). The van der Waals surface area contributed by atoms with Crippen molar-refractivity contribution in [3.8, 4) is 0 Å². The van der Waals surface area contributed by atoms with Gasteiger partial charge in [0, 0.05) is 25.0 Å². The molecule has 2 nitrogen and oxygen atoms in total. The van der Waals surface area contributed by atoms with Gasteiger partial charge in [-0.05, 0) is 44.0 Å². The van der Waals surface area contributed by atoms with Crippen LogP contribution in [-0.4, -0.2) is 30.6 Å². The van der Waals surface area contributed by atoms with Gasteiger partial charge in [-0.2, -0.15) is 0 Å². The van der Waals surface area contributed by atoms with E-state index in [1.165, 1.54) is 25.3 Å². The zero-order chi connectivity index (χ0) is 13.0. The Morgan fingerprint density at radius 3 is 2.94 bits per heavy atom. The van der Waals surface area contributed by atoms with E-state index in [2.05, 4.69) is 11.8 Å². The summed E-state index contributed by atoms with van der Waals surface area (Å²) >= 11 is 0. The molecule has 1 aromatic carbocycles. The molecular formula is C15H23FN2. The van der Waals surface area contributed by atoms with Gasteiger partial charge < -0.3 is 10.6 Å². The fourth-order valence-electron chi connectivity index (χ4n) is 2.79. The maximum Gasteiger partial charge on any atom is 0.123 e. The van der Waals surface area contributed by atoms with Gasteiger partial charge in [0.15, 0.2) is 0 Å². The number of benzene rings is 1. The molecule has 0 spiro atoms. The normalized spacial score (nSPS) is 22.9. The maximum atomic E-state index is 13.3. The summed E-state index contributed by atoms with van der Waals surface area (Å²) in [6, 6.07) is 7.48. The lowest BCUT2D eigenvalue weighted by molar-refractivity contribution is 0.151. The molecule has 1 saturated heterocycles. The number of hydrogen-bond donors (Lipinski definition) is 1. The van der Waals surface area contributed by atoms with Gasteiger partial charge in [-0.25, -0.2) is 4.39 Å². The maximum absolute atomic E-state index is 13.3. The first-order chi connectivity index (χ1) is 8.70. The number of nitrogens with two attached hydrogens (primary N) is 1. The van der Waals surface area contributed by atoms with E-state index in [1.807, 2.05) is 6.07 Å². The Morgan fingerprint density at radius 2 is 2.28 bits per heavy atom. The topological polar surface area (TPSA) is 29.3 Å². The molecule has 18 heavy (non-hydrogen) atoms. The molecule has 1 aliphatic heterocycles. The molecule has 2 unspecified atom stereocenters. The lowest BCUT2D eigenvalue weighted by Gasteiger charge is -2.35. The summed E-state index contributed by atoms with van der Waals surface area (Å²) in [7, 11) is 0. The largest absolute Gasteiger partial charge is 0.330 e. The SMILES string of the molecule is CC1CCCCN1CC(CN)c1cccc(F)c1. The minimum atomic E-state index is -0.169. The van der Waals surface area contributed by atoms with Gasteiger partial charge >= 0.3 is 0 Å². The fraction of sp³-hybridized carbons (Fsp3) is 0.600. The van der Waals surface area contributed by atoms with Gasteiger partial charge in [0.1, 0.15) is 5.82 Å².